The Hall–Kier alpha value is -3.81. The summed E-state index contributed by atoms with van der Waals surface area (Å²) >= 11 is 0. The number of amides is 1. The second-order valence-corrected chi connectivity index (χ2v) is 6.31. The molecule has 8 heteroatoms. The van der Waals surface area contributed by atoms with E-state index in [1.54, 1.807) is 56.3 Å². The number of hydrogen-bond acceptors (Lipinski definition) is 6. The topological polar surface area (TPSA) is 90.4 Å². The molecule has 2 aromatic carbocycles. The van der Waals surface area contributed by atoms with Crippen LogP contribution in [-0.4, -0.2) is 35.1 Å². The third kappa shape index (κ3) is 5.60. The van der Waals surface area contributed by atoms with E-state index in [0.717, 1.165) is 0 Å². The molecule has 3 rings (SSSR count). The Kier molecular flexibility index (Phi) is 6.69. The van der Waals surface area contributed by atoms with Gasteiger partial charge >= 0.3 is 5.97 Å². The van der Waals surface area contributed by atoms with Crippen LogP contribution in [0.5, 0.6) is 5.88 Å². The summed E-state index contributed by atoms with van der Waals surface area (Å²) in [5.74, 6) is -0.558. The first-order valence-corrected chi connectivity index (χ1v) is 9.26. The monoisotopic (exact) mass is 409 g/mol. The summed E-state index contributed by atoms with van der Waals surface area (Å²) in [6, 6.07) is 13.7. The summed E-state index contributed by atoms with van der Waals surface area (Å²) in [7, 11) is 0. The third-order valence-corrected chi connectivity index (χ3v) is 3.96. The highest BCUT2D eigenvalue weighted by Crippen LogP contribution is 2.19. The smallest absolute Gasteiger partial charge is 0.338 e. The van der Waals surface area contributed by atoms with Crippen LogP contribution >= 0.6 is 0 Å². The molecular formula is C22H20FN3O4. The molecule has 0 fully saturated rings. The molecule has 1 amide bonds. The van der Waals surface area contributed by atoms with Crippen molar-refractivity contribution in [3.63, 3.8) is 0 Å². The molecule has 1 heterocycles. The van der Waals surface area contributed by atoms with Crippen molar-refractivity contribution < 1.29 is 23.5 Å². The maximum Gasteiger partial charge on any atom is 0.338 e. The van der Waals surface area contributed by atoms with Crippen molar-refractivity contribution in [2.75, 3.05) is 18.5 Å². The Balaban J connectivity index is 1.60. The van der Waals surface area contributed by atoms with Gasteiger partial charge in [-0.25, -0.2) is 14.2 Å². The van der Waals surface area contributed by atoms with E-state index in [2.05, 4.69) is 15.3 Å². The van der Waals surface area contributed by atoms with Gasteiger partial charge in [0.2, 0.25) is 5.88 Å². The van der Waals surface area contributed by atoms with Crippen molar-refractivity contribution in [3.8, 4) is 17.3 Å². The minimum Gasteiger partial charge on any atom is -0.467 e. The average Bonchev–Trinajstić information content (AvgIpc) is 2.73. The minimum atomic E-state index is -0.421. The SMILES string of the molecule is CCOC(=O)c1ccc(NC(=O)COc2cc(C)nc(-c3ccc(F)cc3)n2)cc1. The Bertz CT molecular complexity index is 1040. The number of halogens is 1. The number of nitrogens with one attached hydrogen (secondary N) is 1. The highest BCUT2D eigenvalue weighted by Gasteiger charge is 2.10. The maximum atomic E-state index is 13.1. The van der Waals surface area contributed by atoms with E-state index in [0.29, 0.717) is 34.9 Å². The Morgan fingerprint density at radius 3 is 2.40 bits per heavy atom. The first-order chi connectivity index (χ1) is 14.4. The molecule has 7 nitrogen and oxygen atoms in total. The summed E-state index contributed by atoms with van der Waals surface area (Å²) in [6.07, 6.45) is 0. The van der Waals surface area contributed by atoms with E-state index < -0.39 is 11.9 Å². The van der Waals surface area contributed by atoms with Crippen molar-refractivity contribution in [2.24, 2.45) is 0 Å². The van der Waals surface area contributed by atoms with E-state index in [4.69, 9.17) is 9.47 Å². The number of aromatic nitrogens is 2. The van der Waals surface area contributed by atoms with Gasteiger partial charge in [-0.2, -0.15) is 4.98 Å². The number of rotatable bonds is 7. The van der Waals surface area contributed by atoms with Gasteiger partial charge in [-0.1, -0.05) is 0 Å². The van der Waals surface area contributed by atoms with Gasteiger partial charge < -0.3 is 14.8 Å². The number of nitrogens with zero attached hydrogens (tertiary/aromatic N) is 2. The van der Waals surface area contributed by atoms with Gasteiger partial charge in [0.15, 0.2) is 12.4 Å². The molecule has 1 N–H and O–H groups in total. The van der Waals surface area contributed by atoms with Gasteiger partial charge in [-0.3, -0.25) is 4.79 Å². The zero-order valence-electron chi connectivity index (χ0n) is 16.5. The zero-order chi connectivity index (χ0) is 21.5. The van der Waals surface area contributed by atoms with Crippen molar-refractivity contribution in [1.82, 2.24) is 9.97 Å². The van der Waals surface area contributed by atoms with Crippen LogP contribution in [0, 0.1) is 12.7 Å². The van der Waals surface area contributed by atoms with Gasteiger partial charge in [-0.05, 0) is 62.4 Å². The Morgan fingerprint density at radius 2 is 1.73 bits per heavy atom. The largest absolute Gasteiger partial charge is 0.467 e. The number of carbonyl (C=O) groups excluding carboxylic acids is 2. The van der Waals surface area contributed by atoms with Crippen LogP contribution in [0.3, 0.4) is 0 Å². The average molecular weight is 409 g/mol. The van der Waals surface area contributed by atoms with Crippen LogP contribution in [0.4, 0.5) is 10.1 Å². The quantitative estimate of drug-likeness (QED) is 0.597. The van der Waals surface area contributed by atoms with Crippen LogP contribution in [-0.2, 0) is 9.53 Å². The lowest BCUT2D eigenvalue weighted by molar-refractivity contribution is -0.118. The predicted octanol–water partition coefficient (Wildman–Crippen LogP) is 3.79. The maximum absolute atomic E-state index is 13.1. The molecule has 3 aromatic rings. The van der Waals surface area contributed by atoms with Gasteiger partial charge in [0.1, 0.15) is 5.82 Å². The van der Waals surface area contributed by atoms with Crippen molar-refractivity contribution in [2.45, 2.75) is 13.8 Å². The molecular weight excluding hydrogens is 389 g/mol. The number of hydrogen-bond donors (Lipinski definition) is 1. The lowest BCUT2D eigenvalue weighted by Crippen LogP contribution is -2.20. The predicted molar refractivity (Wildman–Crippen MR) is 109 cm³/mol. The number of benzene rings is 2. The lowest BCUT2D eigenvalue weighted by Gasteiger charge is -2.09. The molecule has 0 radical (unpaired) electrons. The van der Waals surface area contributed by atoms with E-state index in [9.17, 15) is 14.0 Å². The van der Waals surface area contributed by atoms with Crippen molar-refractivity contribution in [3.05, 3.63) is 71.7 Å². The third-order valence-electron chi connectivity index (χ3n) is 3.96. The molecule has 0 spiro atoms. The van der Waals surface area contributed by atoms with E-state index in [-0.39, 0.29) is 18.3 Å². The standard InChI is InChI=1S/C22H20FN3O4/c1-3-29-22(28)16-6-10-18(11-7-16)25-19(27)13-30-20-12-14(2)24-21(26-20)15-4-8-17(23)9-5-15/h4-12H,3,13H2,1-2H3,(H,25,27). The summed E-state index contributed by atoms with van der Waals surface area (Å²) in [5, 5.41) is 2.68. The van der Waals surface area contributed by atoms with Crippen LogP contribution < -0.4 is 10.1 Å². The highest BCUT2D eigenvalue weighted by molar-refractivity contribution is 5.93. The number of ether oxygens (including phenoxy) is 2. The molecule has 0 atom stereocenters. The second-order valence-electron chi connectivity index (χ2n) is 6.31. The fraction of sp³-hybridized carbons (Fsp3) is 0.182. The van der Waals surface area contributed by atoms with Crippen molar-refractivity contribution in [1.29, 1.82) is 0 Å². The van der Waals surface area contributed by atoms with E-state index >= 15 is 0 Å². The summed E-state index contributed by atoms with van der Waals surface area (Å²) in [4.78, 5) is 32.4. The molecule has 1 aromatic heterocycles. The number of aryl methyl sites for hydroxylation is 1. The van der Waals surface area contributed by atoms with Crippen LogP contribution in [0.15, 0.2) is 54.6 Å². The summed E-state index contributed by atoms with van der Waals surface area (Å²) in [5.41, 5.74) is 2.20. The molecule has 0 aliphatic carbocycles. The molecule has 0 saturated carbocycles. The van der Waals surface area contributed by atoms with Gasteiger partial charge in [0, 0.05) is 23.0 Å². The second kappa shape index (κ2) is 9.60. The van der Waals surface area contributed by atoms with Gasteiger partial charge in [0.25, 0.3) is 5.91 Å². The minimum absolute atomic E-state index is 0.231. The van der Waals surface area contributed by atoms with E-state index in [1.807, 2.05) is 0 Å². The number of anilines is 1. The molecule has 0 bridgehead atoms. The van der Waals surface area contributed by atoms with Crippen LogP contribution in [0.1, 0.15) is 23.0 Å². The number of esters is 1. The summed E-state index contributed by atoms with van der Waals surface area (Å²) in [6.45, 7) is 3.53. The van der Waals surface area contributed by atoms with Crippen LogP contribution in [0.25, 0.3) is 11.4 Å². The molecule has 30 heavy (non-hydrogen) atoms. The van der Waals surface area contributed by atoms with E-state index in [1.165, 1.54) is 12.1 Å². The Morgan fingerprint density at radius 1 is 1.03 bits per heavy atom. The number of carbonyl (C=O) groups is 2. The molecule has 0 aliphatic heterocycles. The van der Waals surface area contributed by atoms with Crippen LogP contribution in [0.2, 0.25) is 0 Å². The van der Waals surface area contributed by atoms with Gasteiger partial charge in [-0.15, -0.1) is 0 Å². The molecule has 154 valence electrons. The normalized spacial score (nSPS) is 10.4. The first kappa shape index (κ1) is 20.9. The summed E-state index contributed by atoms with van der Waals surface area (Å²) < 4.78 is 23.5. The molecule has 0 unspecified atom stereocenters. The fourth-order valence-electron chi connectivity index (χ4n) is 2.58. The Labute approximate surface area is 172 Å². The molecule has 0 aliphatic rings. The van der Waals surface area contributed by atoms with Gasteiger partial charge in [0.05, 0.1) is 12.2 Å². The zero-order valence-corrected chi connectivity index (χ0v) is 16.5. The fourth-order valence-corrected chi connectivity index (χ4v) is 2.58. The van der Waals surface area contributed by atoms with Crippen molar-refractivity contribution >= 4 is 17.6 Å². The molecule has 0 saturated heterocycles. The lowest BCUT2D eigenvalue weighted by atomic mass is 10.2. The first-order valence-electron chi connectivity index (χ1n) is 9.26. The highest BCUT2D eigenvalue weighted by atomic mass is 19.1.